The van der Waals surface area contributed by atoms with Gasteiger partial charge >= 0.3 is 5.97 Å². The fourth-order valence-corrected chi connectivity index (χ4v) is 3.59. The minimum absolute atomic E-state index is 0.162. The molecule has 1 atom stereocenters. The number of carbonyl (C=O) groups is 2. The van der Waals surface area contributed by atoms with Crippen LogP contribution >= 0.6 is 11.3 Å². The highest BCUT2D eigenvalue weighted by Crippen LogP contribution is 2.19. The Morgan fingerprint density at radius 2 is 2.30 bits per heavy atom. The molecule has 1 amide bonds. The SMILES string of the molecule is Cc1nc(COc2cccc(/C=C/C(=O)N3CCCC(C(=O)O)C3)c2)cs1. The van der Waals surface area contributed by atoms with Crippen LogP contribution < -0.4 is 4.74 Å². The summed E-state index contributed by atoms with van der Waals surface area (Å²) in [6, 6.07) is 7.48. The highest BCUT2D eigenvalue weighted by atomic mass is 32.1. The third kappa shape index (κ3) is 5.40. The van der Waals surface area contributed by atoms with Gasteiger partial charge in [-0.15, -0.1) is 11.3 Å². The zero-order valence-electron chi connectivity index (χ0n) is 15.1. The fraction of sp³-hybridized carbons (Fsp3) is 0.350. The van der Waals surface area contributed by atoms with Gasteiger partial charge in [-0.2, -0.15) is 0 Å². The first-order valence-electron chi connectivity index (χ1n) is 8.85. The van der Waals surface area contributed by atoms with Gasteiger partial charge < -0.3 is 14.7 Å². The van der Waals surface area contributed by atoms with E-state index in [4.69, 9.17) is 9.84 Å². The van der Waals surface area contributed by atoms with E-state index in [1.165, 1.54) is 6.08 Å². The first kappa shape index (κ1) is 19.1. The minimum atomic E-state index is -0.836. The largest absolute Gasteiger partial charge is 0.487 e. The van der Waals surface area contributed by atoms with Crippen molar-refractivity contribution >= 4 is 29.3 Å². The average Bonchev–Trinajstić information content (AvgIpc) is 3.10. The van der Waals surface area contributed by atoms with E-state index >= 15 is 0 Å². The Hall–Kier alpha value is -2.67. The summed E-state index contributed by atoms with van der Waals surface area (Å²) < 4.78 is 5.76. The second-order valence-electron chi connectivity index (χ2n) is 6.51. The van der Waals surface area contributed by atoms with Gasteiger partial charge in [0, 0.05) is 24.5 Å². The quantitative estimate of drug-likeness (QED) is 0.770. The first-order chi connectivity index (χ1) is 13.0. The molecule has 0 spiro atoms. The van der Waals surface area contributed by atoms with Crippen LogP contribution in [0.3, 0.4) is 0 Å². The number of hydrogen-bond donors (Lipinski definition) is 1. The Labute approximate surface area is 162 Å². The van der Waals surface area contributed by atoms with Crippen molar-refractivity contribution in [2.75, 3.05) is 13.1 Å². The first-order valence-corrected chi connectivity index (χ1v) is 9.73. The number of piperidine rings is 1. The van der Waals surface area contributed by atoms with E-state index in [9.17, 15) is 9.59 Å². The standard InChI is InChI=1S/C20H22N2O4S/c1-14-21-17(13-27-14)12-26-18-6-2-4-15(10-18)7-8-19(23)22-9-3-5-16(11-22)20(24)25/h2,4,6-8,10,13,16H,3,5,9,11-12H2,1H3,(H,24,25)/b8-7+. The van der Waals surface area contributed by atoms with Gasteiger partial charge in [0.25, 0.3) is 0 Å². The summed E-state index contributed by atoms with van der Waals surface area (Å²) in [5, 5.41) is 12.1. The van der Waals surface area contributed by atoms with Crippen LogP contribution in [0.4, 0.5) is 0 Å². The Kier molecular flexibility index (Phi) is 6.24. The number of carbonyl (C=O) groups excluding carboxylic acids is 1. The average molecular weight is 386 g/mol. The van der Waals surface area contributed by atoms with Crippen LogP contribution in [-0.4, -0.2) is 40.0 Å². The van der Waals surface area contributed by atoms with Gasteiger partial charge in [-0.3, -0.25) is 9.59 Å². The van der Waals surface area contributed by atoms with Crippen LogP contribution in [0.5, 0.6) is 5.75 Å². The lowest BCUT2D eigenvalue weighted by Crippen LogP contribution is -2.41. The highest BCUT2D eigenvalue weighted by Gasteiger charge is 2.27. The molecule has 1 saturated heterocycles. The molecule has 1 fully saturated rings. The monoisotopic (exact) mass is 386 g/mol. The van der Waals surface area contributed by atoms with E-state index in [2.05, 4.69) is 4.98 Å². The van der Waals surface area contributed by atoms with Crippen LogP contribution in [0, 0.1) is 12.8 Å². The number of benzene rings is 1. The molecule has 0 aliphatic carbocycles. The zero-order valence-corrected chi connectivity index (χ0v) is 15.9. The summed E-state index contributed by atoms with van der Waals surface area (Å²) in [4.78, 5) is 29.4. The maximum Gasteiger partial charge on any atom is 0.308 e. The molecule has 2 heterocycles. The molecule has 1 N–H and O–H groups in total. The number of aliphatic carboxylic acids is 1. The van der Waals surface area contributed by atoms with Crippen molar-refractivity contribution < 1.29 is 19.4 Å². The molecule has 0 radical (unpaired) electrons. The number of amides is 1. The Balaban J connectivity index is 1.58. The smallest absolute Gasteiger partial charge is 0.308 e. The summed E-state index contributed by atoms with van der Waals surface area (Å²) in [5.74, 6) is -0.761. The molecule has 0 saturated carbocycles. The molecular formula is C20H22N2O4S. The van der Waals surface area contributed by atoms with Crippen molar-refractivity contribution in [2.45, 2.75) is 26.4 Å². The number of aromatic nitrogens is 1. The van der Waals surface area contributed by atoms with Crippen LogP contribution in [0.2, 0.25) is 0 Å². The van der Waals surface area contributed by atoms with Gasteiger partial charge in [-0.1, -0.05) is 12.1 Å². The second-order valence-corrected chi connectivity index (χ2v) is 7.58. The molecular weight excluding hydrogens is 364 g/mol. The van der Waals surface area contributed by atoms with Gasteiger partial charge in [0.2, 0.25) is 5.91 Å². The lowest BCUT2D eigenvalue weighted by Gasteiger charge is -2.29. The Morgan fingerprint density at radius 1 is 1.44 bits per heavy atom. The predicted molar refractivity (Wildman–Crippen MR) is 104 cm³/mol. The fourth-order valence-electron chi connectivity index (χ4n) is 2.99. The molecule has 142 valence electrons. The van der Waals surface area contributed by atoms with E-state index in [-0.39, 0.29) is 12.5 Å². The number of nitrogens with zero attached hydrogens (tertiary/aromatic N) is 2. The van der Waals surface area contributed by atoms with Crippen molar-refractivity contribution in [2.24, 2.45) is 5.92 Å². The zero-order chi connectivity index (χ0) is 19.2. The third-order valence-electron chi connectivity index (χ3n) is 4.41. The van der Waals surface area contributed by atoms with E-state index in [0.29, 0.717) is 25.3 Å². The van der Waals surface area contributed by atoms with Crippen LogP contribution in [0.25, 0.3) is 6.08 Å². The number of hydrogen-bond acceptors (Lipinski definition) is 5. The summed E-state index contributed by atoms with van der Waals surface area (Å²) in [5.41, 5.74) is 1.74. The van der Waals surface area contributed by atoms with Crippen molar-refractivity contribution in [1.29, 1.82) is 0 Å². The topological polar surface area (TPSA) is 79.7 Å². The van der Waals surface area contributed by atoms with Crippen LogP contribution in [-0.2, 0) is 16.2 Å². The Bertz CT molecular complexity index is 846. The van der Waals surface area contributed by atoms with E-state index in [0.717, 1.165) is 22.7 Å². The summed E-state index contributed by atoms with van der Waals surface area (Å²) in [7, 11) is 0. The second kappa shape index (κ2) is 8.81. The Morgan fingerprint density at radius 3 is 3.04 bits per heavy atom. The number of carboxylic acids is 1. The van der Waals surface area contributed by atoms with Gasteiger partial charge in [0.1, 0.15) is 12.4 Å². The lowest BCUT2D eigenvalue weighted by molar-refractivity contribution is -0.144. The molecule has 1 aromatic heterocycles. The third-order valence-corrected chi connectivity index (χ3v) is 5.23. The van der Waals surface area contributed by atoms with E-state index < -0.39 is 11.9 Å². The van der Waals surface area contributed by atoms with Gasteiger partial charge in [-0.05, 0) is 43.5 Å². The lowest BCUT2D eigenvalue weighted by atomic mass is 9.98. The molecule has 7 heteroatoms. The molecule has 0 bridgehead atoms. The van der Waals surface area contributed by atoms with Crippen molar-refractivity contribution in [3.05, 3.63) is 52.0 Å². The molecule has 6 nitrogen and oxygen atoms in total. The van der Waals surface area contributed by atoms with Crippen molar-refractivity contribution in [3.63, 3.8) is 0 Å². The maximum absolute atomic E-state index is 12.3. The summed E-state index contributed by atoms with van der Waals surface area (Å²) >= 11 is 1.59. The number of ether oxygens (including phenoxy) is 1. The normalized spacial score (nSPS) is 17.2. The summed E-state index contributed by atoms with van der Waals surface area (Å²) in [6.07, 6.45) is 4.57. The minimum Gasteiger partial charge on any atom is -0.487 e. The van der Waals surface area contributed by atoms with Crippen molar-refractivity contribution in [1.82, 2.24) is 9.88 Å². The molecule has 1 aromatic carbocycles. The number of likely N-dealkylation sites (tertiary alicyclic amines) is 1. The number of carboxylic acid groups (broad SMARTS) is 1. The van der Waals surface area contributed by atoms with E-state index in [1.54, 1.807) is 22.3 Å². The molecule has 2 aromatic rings. The number of thiazole rings is 1. The van der Waals surface area contributed by atoms with Gasteiger partial charge in [0.05, 0.1) is 16.6 Å². The number of aryl methyl sites for hydroxylation is 1. The predicted octanol–water partition coefficient (Wildman–Crippen LogP) is 3.37. The van der Waals surface area contributed by atoms with Crippen LogP contribution in [0.15, 0.2) is 35.7 Å². The van der Waals surface area contributed by atoms with Gasteiger partial charge in [-0.25, -0.2) is 4.98 Å². The maximum atomic E-state index is 12.3. The molecule has 27 heavy (non-hydrogen) atoms. The molecule has 3 rings (SSSR count). The molecule has 1 aliphatic rings. The molecule has 1 aliphatic heterocycles. The van der Waals surface area contributed by atoms with Crippen molar-refractivity contribution in [3.8, 4) is 5.75 Å². The molecule has 1 unspecified atom stereocenters. The highest BCUT2D eigenvalue weighted by molar-refractivity contribution is 7.09. The van der Waals surface area contributed by atoms with Gasteiger partial charge in [0.15, 0.2) is 0 Å². The number of rotatable bonds is 6. The summed E-state index contributed by atoms with van der Waals surface area (Å²) in [6.45, 7) is 3.23. The van der Waals surface area contributed by atoms with E-state index in [1.807, 2.05) is 36.6 Å². The van der Waals surface area contributed by atoms with Crippen LogP contribution in [0.1, 0.15) is 29.1 Å².